The van der Waals surface area contributed by atoms with Crippen LogP contribution in [0.15, 0.2) is 46.9 Å². The van der Waals surface area contributed by atoms with Crippen LogP contribution in [0.4, 0.5) is 11.4 Å². The third-order valence-electron chi connectivity index (χ3n) is 4.41. The summed E-state index contributed by atoms with van der Waals surface area (Å²) in [5.41, 5.74) is 2.39. The molecule has 0 fully saturated rings. The maximum atomic E-state index is 12.4. The lowest BCUT2D eigenvalue weighted by atomic mass is 10.1. The molecule has 28 heavy (non-hydrogen) atoms. The Morgan fingerprint density at radius 3 is 2.61 bits per heavy atom. The average Bonchev–Trinajstić information content (AvgIpc) is 2.96. The summed E-state index contributed by atoms with van der Waals surface area (Å²) in [5, 5.41) is 5.30. The van der Waals surface area contributed by atoms with Crippen molar-refractivity contribution < 1.29 is 18.0 Å². The average molecular weight is 466 g/mol. The van der Waals surface area contributed by atoms with E-state index in [1.54, 1.807) is 36.4 Å². The van der Waals surface area contributed by atoms with Gasteiger partial charge >= 0.3 is 0 Å². The van der Waals surface area contributed by atoms with Gasteiger partial charge in [-0.05, 0) is 65.2 Å². The summed E-state index contributed by atoms with van der Waals surface area (Å²) in [6.07, 6.45) is 1.70. The molecule has 9 heteroatoms. The van der Waals surface area contributed by atoms with Crippen LogP contribution in [0.5, 0.6) is 0 Å². The highest BCUT2D eigenvalue weighted by Crippen LogP contribution is 2.34. The van der Waals surface area contributed by atoms with E-state index in [9.17, 15) is 18.0 Å². The van der Waals surface area contributed by atoms with E-state index >= 15 is 0 Å². The normalized spacial score (nSPS) is 15.8. The Kier molecular flexibility index (Phi) is 5.76. The first-order chi connectivity index (χ1) is 13.2. The van der Waals surface area contributed by atoms with E-state index in [4.69, 9.17) is 0 Å². The predicted molar refractivity (Wildman–Crippen MR) is 112 cm³/mol. The fourth-order valence-corrected chi connectivity index (χ4v) is 4.92. The van der Waals surface area contributed by atoms with Crippen LogP contribution in [-0.4, -0.2) is 39.1 Å². The minimum Gasteiger partial charge on any atom is -0.343 e. The number of carbonyl (C=O) groups excluding carboxylic acids is 2. The molecule has 0 spiro atoms. The van der Waals surface area contributed by atoms with Crippen molar-refractivity contribution in [3.05, 3.63) is 58.1 Å². The molecule has 148 valence electrons. The van der Waals surface area contributed by atoms with Crippen LogP contribution in [0, 0.1) is 0 Å². The van der Waals surface area contributed by atoms with Crippen LogP contribution in [0.3, 0.4) is 0 Å². The van der Waals surface area contributed by atoms with E-state index in [2.05, 4.69) is 26.6 Å². The van der Waals surface area contributed by atoms with Gasteiger partial charge in [0.15, 0.2) is 0 Å². The Balaban J connectivity index is 1.65. The number of sulfonamides is 1. The molecule has 0 bridgehead atoms. The minimum absolute atomic E-state index is 0.177. The molecule has 3 rings (SSSR count). The minimum atomic E-state index is -3.38. The van der Waals surface area contributed by atoms with Crippen LogP contribution >= 0.6 is 15.9 Å². The van der Waals surface area contributed by atoms with Gasteiger partial charge in [-0.2, -0.15) is 0 Å². The lowest BCUT2D eigenvalue weighted by molar-refractivity contribution is -0.115. The van der Waals surface area contributed by atoms with Gasteiger partial charge in [-0.1, -0.05) is 12.1 Å². The topological polar surface area (TPSA) is 95.6 Å². The molecule has 2 aromatic carbocycles. The summed E-state index contributed by atoms with van der Waals surface area (Å²) in [6, 6.07) is 11.9. The standard InChI is InChI=1S/C19H20BrN3O4S/c1-12-9-14-10-13(7-8-17(14)23(12)28(2,26)27)19(25)21-11-18(24)22-16-6-4-3-5-15(16)20/h3-8,10,12H,9,11H2,1-2H3,(H,21,25)(H,22,24)/t12-/m1/s1. The zero-order valence-electron chi connectivity index (χ0n) is 15.4. The van der Waals surface area contributed by atoms with Crippen molar-refractivity contribution in [1.29, 1.82) is 0 Å². The third kappa shape index (κ3) is 4.36. The first kappa shape index (κ1) is 20.3. The molecule has 1 heterocycles. The zero-order chi connectivity index (χ0) is 20.5. The fraction of sp³-hybridized carbons (Fsp3) is 0.263. The summed E-state index contributed by atoms with van der Waals surface area (Å²) < 4.78 is 26.1. The quantitative estimate of drug-likeness (QED) is 0.708. The summed E-state index contributed by atoms with van der Waals surface area (Å²) in [5.74, 6) is -0.742. The third-order valence-corrected chi connectivity index (χ3v) is 6.37. The van der Waals surface area contributed by atoms with E-state index in [1.165, 1.54) is 10.6 Å². The molecular formula is C19H20BrN3O4S. The Morgan fingerprint density at radius 1 is 1.21 bits per heavy atom. The number of rotatable bonds is 5. The van der Waals surface area contributed by atoms with Crippen LogP contribution in [0.1, 0.15) is 22.8 Å². The highest BCUT2D eigenvalue weighted by atomic mass is 79.9. The maximum Gasteiger partial charge on any atom is 0.251 e. The van der Waals surface area contributed by atoms with E-state index in [0.29, 0.717) is 23.4 Å². The van der Waals surface area contributed by atoms with Gasteiger partial charge in [0, 0.05) is 16.1 Å². The Bertz CT molecular complexity index is 1040. The number of amides is 2. The molecule has 1 aliphatic rings. The van der Waals surface area contributed by atoms with Crippen molar-refractivity contribution in [2.75, 3.05) is 22.4 Å². The van der Waals surface area contributed by atoms with Gasteiger partial charge in [-0.15, -0.1) is 0 Å². The molecule has 0 saturated heterocycles. The number of nitrogens with zero attached hydrogens (tertiary/aromatic N) is 1. The Morgan fingerprint density at radius 2 is 1.93 bits per heavy atom. The number of anilines is 2. The first-order valence-corrected chi connectivity index (χ1v) is 11.3. The van der Waals surface area contributed by atoms with E-state index in [-0.39, 0.29) is 18.5 Å². The molecule has 2 N–H and O–H groups in total. The van der Waals surface area contributed by atoms with Gasteiger partial charge < -0.3 is 10.6 Å². The van der Waals surface area contributed by atoms with Gasteiger partial charge in [0.05, 0.1) is 24.2 Å². The second kappa shape index (κ2) is 7.92. The van der Waals surface area contributed by atoms with E-state index in [0.717, 1.165) is 10.0 Å². The molecule has 0 unspecified atom stereocenters. The monoisotopic (exact) mass is 465 g/mol. The predicted octanol–water partition coefficient (Wildman–Crippen LogP) is 2.53. The largest absolute Gasteiger partial charge is 0.343 e. The number of halogens is 1. The van der Waals surface area contributed by atoms with Crippen molar-refractivity contribution in [3.63, 3.8) is 0 Å². The van der Waals surface area contributed by atoms with Crippen molar-refractivity contribution in [1.82, 2.24) is 5.32 Å². The number of hydrogen-bond donors (Lipinski definition) is 2. The maximum absolute atomic E-state index is 12.4. The first-order valence-electron chi connectivity index (χ1n) is 8.61. The number of carbonyl (C=O) groups is 2. The lowest BCUT2D eigenvalue weighted by Gasteiger charge is -2.21. The second-order valence-corrected chi connectivity index (χ2v) is 9.38. The zero-order valence-corrected chi connectivity index (χ0v) is 17.8. The summed E-state index contributed by atoms with van der Waals surface area (Å²) in [4.78, 5) is 24.5. The van der Waals surface area contributed by atoms with Crippen molar-refractivity contribution in [2.45, 2.75) is 19.4 Å². The summed E-state index contributed by atoms with van der Waals surface area (Å²) in [6.45, 7) is 1.65. The van der Waals surface area contributed by atoms with Crippen LogP contribution in [-0.2, 0) is 21.2 Å². The SMILES string of the molecule is C[C@@H]1Cc2cc(C(=O)NCC(=O)Nc3ccccc3Br)ccc2N1S(C)(=O)=O. The molecule has 1 atom stereocenters. The highest BCUT2D eigenvalue weighted by molar-refractivity contribution is 9.10. The number of fused-ring (bicyclic) bond motifs is 1. The van der Waals surface area contributed by atoms with Crippen molar-refractivity contribution in [3.8, 4) is 0 Å². The number of para-hydroxylation sites is 1. The Hall–Kier alpha value is -2.39. The van der Waals surface area contributed by atoms with Gasteiger partial charge in [0.1, 0.15) is 0 Å². The molecule has 0 aliphatic carbocycles. The smallest absolute Gasteiger partial charge is 0.251 e. The van der Waals surface area contributed by atoms with Crippen LogP contribution in [0.25, 0.3) is 0 Å². The van der Waals surface area contributed by atoms with Crippen molar-refractivity contribution in [2.24, 2.45) is 0 Å². The van der Waals surface area contributed by atoms with Crippen LogP contribution < -0.4 is 14.9 Å². The summed E-state index contributed by atoms with van der Waals surface area (Å²) in [7, 11) is -3.38. The highest BCUT2D eigenvalue weighted by Gasteiger charge is 2.32. The van der Waals surface area contributed by atoms with Gasteiger partial charge in [-0.3, -0.25) is 13.9 Å². The molecule has 2 aromatic rings. The number of benzene rings is 2. The molecule has 7 nitrogen and oxygen atoms in total. The molecule has 0 radical (unpaired) electrons. The molecule has 2 amide bonds. The fourth-order valence-electron chi connectivity index (χ4n) is 3.27. The summed E-state index contributed by atoms with van der Waals surface area (Å²) >= 11 is 3.34. The second-order valence-electron chi connectivity index (χ2n) is 6.67. The van der Waals surface area contributed by atoms with Gasteiger partial charge in [0.2, 0.25) is 15.9 Å². The van der Waals surface area contributed by atoms with Crippen LogP contribution in [0.2, 0.25) is 0 Å². The van der Waals surface area contributed by atoms with Gasteiger partial charge in [-0.25, -0.2) is 8.42 Å². The number of hydrogen-bond acceptors (Lipinski definition) is 4. The van der Waals surface area contributed by atoms with E-state index in [1.807, 2.05) is 13.0 Å². The Labute approximate surface area is 172 Å². The molecule has 0 saturated carbocycles. The lowest BCUT2D eigenvalue weighted by Crippen LogP contribution is -2.34. The van der Waals surface area contributed by atoms with E-state index < -0.39 is 15.9 Å². The van der Waals surface area contributed by atoms with Crippen molar-refractivity contribution >= 4 is 49.1 Å². The molecule has 1 aliphatic heterocycles. The van der Waals surface area contributed by atoms with Gasteiger partial charge in [0.25, 0.3) is 5.91 Å². The molecule has 0 aromatic heterocycles. The number of nitrogens with one attached hydrogen (secondary N) is 2. The molecular weight excluding hydrogens is 446 g/mol.